The normalized spacial score (nSPS) is 15.8. The lowest BCUT2D eigenvalue weighted by Gasteiger charge is -2.11. The standard InChI is InChI=1S/C16H21ClN2O2/c1-21-15-10-9-12(17)11-14(15)16(20)19-18-13-7-5-3-2-4-6-8-13/h9-11H,2-8H2,1H3,(H,19,20). The Kier molecular flexibility index (Phi) is 6.05. The largest absolute Gasteiger partial charge is 0.496 e. The molecular weight excluding hydrogens is 288 g/mol. The maximum atomic E-state index is 12.2. The zero-order chi connectivity index (χ0) is 15.1. The Morgan fingerprint density at radius 3 is 2.52 bits per heavy atom. The van der Waals surface area contributed by atoms with Gasteiger partial charge in [-0.05, 0) is 43.9 Å². The molecule has 1 aromatic carbocycles. The molecule has 0 bridgehead atoms. The van der Waals surface area contributed by atoms with Gasteiger partial charge >= 0.3 is 0 Å². The number of ether oxygens (including phenoxy) is 1. The molecule has 0 unspecified atom stereocenters. The first-order valence-electron chi connectivity index (χ1n) is 7.40. The molecule has 2 rings (SSSR count). The zero-order valence-electron chi connectivity index (χ0n) is 12.3. The summed E-state index contributed by atoms with van der Waals surface area (Å²) in [6.45, 7) is 0. The Morgan fingerprint density at radius 1 is 1.19 bits per heavy atom. The molecule has 21 heavy (non-hydrogen) atoms. The predicted octanol–water partition coefficient (Wildman–Crippen LogP) is 4.18. The zero-order valence-corrected chi connectivity index (χ0v) is 13.1. The van der Waals surface area contributed by atoms with Gasteiger partial charge in [-0.15, -0.1) is 0 Å². The van der Waals surface area contributed by atoms with Gasteiger partial charge in [0.1, 0.15) is 5.75 Å². The van der Waals surface area contributed by atoms with Crippen molar-refractivity contribution in [2.24, 2.45) is 5.10 Å². The number of carbonyl (C=O) groups is 1. The topological polar surface area (TPSA) is 50.7 Å². The summed E-state index contributed by atoms with van der Waals surface area (Å²) in [7, 11) is 1.53. The van der Waals surface area contributed by atoms with E-state index in [4.69, 9.17) is 16.3 Å². The summed E-state index contributed by atoms with van der Waals surface area (Å²) in [5.41, 5.74) is 4.11. The second-order valence-corrected chi connectivity index (χ2v) is 5.67. The fraction of sp³-hybridized carbons (Fsp3) is 0.500. The number of benzene rings is 1. The highest BCUT2D eigenvalue weighted by Crippen LogP contribution is 2.22. The molecule has 0 spiro atoms. The molecular formula is C16H21ClN2O2. The molecule has 1 aliphatic carbocycles. The van der Waals surface area contributed by atoms with E-state index >= 15 is 0 Å². The number of amides is 1. The minimum atomic E-state index is -0.288. The van der Waals surface area contributed by atoms with Crippen molar-refractivity contribution < 1.29 is 9.53 Å². The third kappa shape index (κ3) is 4.74. The highest BCUT2D eigenvalue weighted by atomic mass is 35.5. The Balaban J connectivity index is 2.05. The molecule has 1 amide bonds. The number of rotatable bonds is 3. The lowest BCUT2D eigenvalue weighted by atomic mass is 9.99. The highest BCUT2D eigenvalue weighted by Gasteiger charge is 2.13. The van der Waals surface area contributed by atoms with Gasteiger partial charge in [0.2, 0.25) is 0 Å². The van der Waals surface area contributed by atoms with Crippen LogP contribution in [-0.2, 0) is 0 Å². The van der Waals surface area contributed by atoms with Crippen LogP contribution < -0.4 is 10.2 Å². The van der Waals surface area contributed by atoms with Crippen LogP contribution >= 0.6 is 11.6 Å². The van der Waals surface area contributed by atoms with Crippen LogP contribution in [0.5, 0.6) is 5.75 Å². The number of halogens is 1. The van der Waals surface area contributed by atoms with Crippen LogP contribution in [-0.4, -0.2) is 18.7 Å². The molecule has 0 aromatic heterocycles. The molecule has 4 nitrogen and oxygen atoms in total. The van der Waals surface area contributed by atoms with Crippen molar-refractivity contribution in [1.82, 2.24) is 5.43 Å². The molecule has 1 saturated carbocycles. The number of carbonyl (C=O) groups excluding carboxylic acids is 1. The monoisotopic (exact) mass is 308 g/mol. The van der Waals surface area contributed by atoms with Crippen molar-refractivity contribution in [3.63, 3.8) is 0 Å². The molecule has 0 saturated heterocycles. The summed E-state index contributed by atoms with van der Waals surface area (Å²) in [6, 6.07) is 4.96. The molecule has 0 atom stereocenters. The van der Waals surface area contributed by atoms with Gasteiger partial charge in [-0.1, -0.05) is 30.9 Å². The van der Waals surface area contributed by atoms with Gasteiger partial charge in [0.05, 0.1) is 12.7 Å². The van der Waals surface area contributed by atoms with Crippen LogP contribution in [0.2, 0.25) is 5.02 Å². The Labute approximate surface area is 130 Å². The molecule has 0 radical (unpaired) electrons. The number of hydrogen-bond acceptors (Lipinski definition) is 3. The van der Waals surface area contributed by atoms with Gasteiger partial charge in [-0.25, -0.2) is 5.43 Å². The van der Waals surface area contributed by atoms with E-state index in [2.05, 4.69) is 10.5 Å². The van der Waals surface area contributed by atoms with Crippen LogP contribution in [0.3, 0.4) is 0 Å². The lowest BCUT2D eigenvalue weighted by molar-refractivity contribution is 0.0951. The minimum Gasteiger partial charge on any atom is -0.496 e. The summed E-state index contributed by atoms with van der Waals surface area (Å²) >= 11 is 5.94. The predicted molar refractivity (Wildman–Crippen MR) is 85.2 cm³/mol. The van der Waals surface area contributed by atoms with E-state index < -0.39 is 0 Å². The molecule has 0 heterocycles. The van der Waals surface area contributed by atoms with Crippen LogP contribution in [0.15, 0.2) is 23.3 Å². The Morgan fingerprint density at radius 2 is 1.86 bits per heavy atom. The van der Waals surface area contributed by atoms with E-state index in [0.717, 1.165) is 31.4 Å². The van der Waals surface area contributed by atoms with Crippen LogP contribution in [0.4, 0.5) is 0 Å². The first-order valence-corrected chi connectivity index (χ1v) is 7.78. The quantitative estimate of drug-likeness (QED) is 0.852. The van der Waals surface area contributed by atoms with Crippen LogP contribution in [0, 0.1) is 0 Å². The average molecular weight is 309 g/mol. The smallest absolute Gasteiger partial charge is 0.275 e. The average Bonchev–Trinajstić information content (AvgIpc) is 2.45. The lowest BCUT2D eigenvalue weighted by Crippen LogP contribution is -2.20. The summed E-state index contributed by atoms with van der Waals surface area (Å²) < 4.78 is 5.18. The van der Waals surface area contributed by atoms with E-state index in [9.17, 15) is 4.79 Å². The van der Waals surface area contributed by atoms with Gasteiger partial charge in [-0.3, -0.25) is 4.79 Å². The van der Waals surface area contributed by atoms with Crippen molar-refractivity contribution in [2.75, 3.05) is 7.11 Å². The fourth-order valence-corrected chi connectivity index (χ4v) is 2.65. The molecule has 1 aliphatic rings. The summed E-state index contributed by atoms with van der Waals surface area (Å²) in [5.74, 6) is 0.207. The minimum absolute atomic E-state index is 0.288. The van der Waals surface area contributed by atoms with Gasteiger partial charge in [-0.2, -0.15) is 5.10 Å². The second-order valence-electron chi connectivity index (χ2n) is 5.23. The van der Waals surface area contributed by atoms with Gasteiger partial charge in [0.15, 0.2) is 0 Å². The van der Waals surface area contributed by atoms with Crippen LogP contribution in [0.1, 0.15) is 55.3 Å². The fourth-order valence-electron chi connectivity index (χ4n) is 2.47. The molecule has 1 fully saturated rings. The van der Waals surface area contributed by atoms with E-state index in [1.807, 2.05) is 0 Å². The third-order valence-electron chi connectivity index (χ3n) is 3.65. The number of hydrazone groups is 1. The number of nitrogens with one attached hydrogen (secondary N) is 1. The maximum Gasteiger partial charge on any atom is 0.275 e. The Hall–Kier alpha value is -1.55. The molecule has 5 heteroatoms. The van der Waals surface area contributed by atoms with Gasteiger partial charge in [0, 0.05) is 10.7 Å². The third-order valence-corrected chi connectivity index (χ3v) is 3.89. The van der Waals surface area contributed by atoms with Gasteiger partial charge in [0.25, 0.3) is 5.91 Å². The Bertz CT molecular complexity index is 519. The summed E-state index contributed by atoms with van der Waals surface area (Å²) in [6.07, 6.45) is 8.02. The van der Waals surface area contributed by atoms with Gasteiger partial charge < -0.3 is 4.74 Å². The van der Waals surface area contributed by atoms with E-state index in [1.165, 1.54) is 26.4 Å². The molecule has 1 N–H and O–H groups in total. The number of nitrogens with zero attached hydrogens (tertiary/aromatic N) is 1. The van der Waals surface area contributed by atoms with Crippen molar-refractivity contribution in [1.29, 1.82) is 0 Å². The van der Waals surface area contributed by atoms with Crippen LogP contribution in [0.25, 0.3) is 0 Å². The first-order chi connectivity index (χ1) is 10.2. The van der Waals surface area contributed by atoms with Crippen molar-refractivity contribution in [3.8, 4) is 5.75 Å². The number of hydrogen-bond donors (Lipinski definition) is 1. The molecule has 0 aliphatic heterocycles. The second kappa shape index (κ2) is 8.03. The molecule has 1 aromatic rings. The summed E-state index contributed by atoms with van der Waals surface area (Å²) in [5, 5.41) is 4.78. The molecule has 114 valence electrons. The van der Waals surface area contributed by atoms with Crippen molar-refractivity contribution >= 4 is 23.2 Å². The first kappa shape index (κ1) is 15.8. The van der Waals surface area contributed by atoms with E-state index in [-0.39, 0.29) is 5.91 Å². The maximum absolute atomic E-state index is 12.2. The van der Waals surface area contributed by atoms with Crippen molar-refractivity contribution in [3.05, 3.63) is 28.8 Å². The highest BCUT2D eigenvalue weighted by molar-refractivity contribution is 6.31. The van der Waals surface area contributed by atoms with E-state index in [0.29, 0.717) is 16.3 Å². The van der Waals surface area contributed by atoms with E-state index in [1.54, 1.807) is 18.2 Å². The summed E-state index contributed by atoms with van der Waals surface area (Å²) in [4.78, 5) is 12.2. The number of methoxy groups -OCH3 is 1. The van der Waals surface area contributed by atoms with Crippen molar-refractivity contribution in [2.45, 2.75) is 44.9 Å². The SMILES string of the molecule is COc1ccc(Cl)cc1C(=O)NN=C1CCCCCCC1.